The molecular weight excluding hydrogens is 212 g/mol. The molecule has 90 valence electrons. The lowest BCUT2D eigenvalue weighted by molar-refractivity contribution is -0.161. The van der Waals surface area contributed by atoms with E-state index in [1.807, 2.05) is 0 Å². The van der Waals surface area contributed by atoms with Gasteiger partial charge in [-0.1, -0.05) is 20.1 Å². The van der Waals surface area contributed by atoms with Gasteiger partial charge in [0.05, 0.1) is 5.70 Å². The van der Waals surface area contributed by atoms with Crippen LogP contribution >= 0.6 is 0 Å². The number of amides is 2. The minimum atomic E-state index is -1.45. The van der Waals surface area contributed by atoms with Crippen LogP contribution in [-0.4, -0.2) is 24.9 Å². The largest absolute Gasteiger partial charge is 0.411 e. The second kappa shape index (κ2) is 5.92. The summed E-state index contributed by atoms with van der Waals surface area (Å²) in [4.78, 5) is 21.8. The highest BCUT2D eigenvalue weighted by molar-refractivity contribution is 5.88. The Kier molecular flexibility index (Phi) is 5.24. The Labute approximate surface area is 94.1 Å². The van der Waals surface area contributed by atoms with Gasteiger partial charge in [-0.2, -0.15) is 0 Å². The first-order chi connectivity index (χ1) is 7.41. The van der Waals surface area contributed by atoms with E-state index in [-0.39, 0.29) is 12.1 Å². The molecule has 0 aromatic carbocycles. The van der Waals surface area contributed by atoms with Crippen molar-refractivity contribution in [3.8, 4) is 0 Å². The van der Waals surface area contributed by atoms with Crippen molar-refractivity contribution < 1.29 is 19.1 Å². The molecular formula is C10H16N2O4. The lowest BCUT2D eigenvalue weighted by Gasteiger charge is -2.31. The number of methoxy groups -OCH3 is 1. The number of ether oxygens (including phenoxy) is 2. The molecule has 0 bridgehead atoms. The Morgan fingerprint density at radius 1 is 1.56 bits per heavy atom. The lowest BCUT2D eigenvalue weighted by Crippen LogP contribution is -2.45. The molecule has 6 nitrogen and oxygen atoms in total. The van der Waals surface area contributed by atoms with E-state index in [2.05, 4.69) is 18.5 Å². The normalized spacial score (nSPS) is 13.4. The second-order valence-electron chi connectivity index (χ2n) is 2.90. The van der Waals surface area contributed by atoms with Crippen molar-refractivity contribution >= 4 is 12.0 Å². The molecule has 3 N–H and O–H groups in total. The minimum absolute atomic E-state index is 0.0844. The van der Waals surface area contributed by atoms with Crippen LogP contribution in [0.3, 0.4) is 0 Å². The maximum atomic E-state index is 11.1. The standard InChI is InChI=1S/C10H16N2O4/c1-5-8(13)12-7(3)10(6-2,15-4)16-9(11)14/h5H,1,3,6H2,2,4H3,(H2,11,14)(H,12,13). The van der Waals surface area contributed by atoms with Crippen LogP contribution in [0.25, 0.3) is 0 Å². The molecule has 0 rings (SSSR count). The van der Waals surface area contributed by atoms with Crippen molar-refractivity contribution in [1.29, 1.82) is 0 Å². The highest BCUT2D eigenvalue weighted by Gasteiger charge is 2.36. The van der Waals surface area contributed by atoms with E-state index >= 15 is 0 Å². The lowest BCUT2D eigenvalue weighted by atomic mass is 10.1. The molecule has 0 spiro atoms. The Morgan fingerprint density at radius 2 is 2.12 bits per heavy atom. The van der Waals surface area contributed by atoms with Crippen molar-refractivity contribution in [3.05, 3.63) is 24.9 Å². The first-order valence-electron chi connectivity index (χ1n) is 4.58. The van der Waals surface area contributed by atoms with Gasteiger partial charge in [0, 0.05) is 13.5 Å². The first-order valence-corrected chi connectivity index (χ1v) is 4.58. The van der Waals surface area contributed by atoms with Gasteiger partial charge in [-0.05, 0) is 6.08 Å². The fraction of sp³-hybridized carbons (Fsp3) is 0.400. The molecule has 0 radical (unpaired) electrons. The Balaban J connectivity index is 4.88. The molecule has 0 fully saturated rings. The van der Waals surface area contributed by atoms with Gasteiger partial charge in [-0.15, -0.1) is 0 Å². The van der Waals surface area contributed by atoms with E-state index in [1.165, 1.54) is 7.11 Å². The average Bonchev–Trinajstić information content (AvgIpc) is 2.25. The van der Waals surface area contributed by atoms with Crippen molar-refractivity contribution in [3.63, 3.8) is 0 Å². The summed E-state index contributed by atoms with van der Waals surface area (Å²) in [6.45, 7) is 8.55. The number of carbonyl (C=O) groups excluding carboxylic acids is 2. The van der Waals surface area contributed by atoms with Crippen molar-refractivity contribution in [2.45, 2.75) is 19.1 Å². The van der Waals surface area contributed by atoms with Crippen LogP contribution in [0.2, 0.25) is 0 Å². The summed E-state index contributed by atoms with van der Waals surface area (Å²) in [5, 5.41) is 2.37. The van der Waals surface area contributed by atoms with Crippen molar-refractivity contribution in [2.75, 3.05) is 7.11 Å². The molecule has 16 heavy (non-hydrogen) atoms. The average molecular weight is 228 g/mol. The highest BCUT2D eigenvalue weighted by atomic mass is 16.7. The number of nitrogens with two attached hydrogens (primary N) is 1. The summed E-state index contributed by atoms with van der Waals surface area (Å²) in [6, 6.07) is 0. The van der Waals surface area contributed by atoms with Gasteiger partial charge in [0.2, 0.25) is 5.91 Å². The summed E-state index contributed by atoms with van der Waals surface area (Å²) in [5.74, 6) is -1.93. The van der Waals surface area contributed by atoms with Gasteiger partial charge in [-0.3, -0.25) is 4.79 Å². The van der Waals surface area contributed by atoms with Gasteiger partial charge in [0.25, 0.3) is 5.79 Å². The van der Waals surface area contributed by atoms with E-state index in [9.17, 15) is 9.59 Å². The van der Waals surface area contributed by atoms with E-state index in [0.717, 1.165) is 6.08 Å². The monoisotopic (exact) mass is 228 g/mol. The minimum Gasteiger partial charge on any atom is -0.411 e. The zero-order chi connectivity index (χ0) is 12.8. The third-order valence-corrected chi connectivity index (χ3v) is 1.98. The smallest absolute Gasteiger partial charge is 0.407 e. The van der Waals surface area contributed by atoms with Crippen LogP contribution in [0.5, 0.6) is 0 Å². The SMILES string of the molecule is C=CC(=O)NC(=C)C(CC)(OC)OC(N)=O. The summed E-state index contributed by atoms with van der Waals surface area (Å²) >= 11 is 0. The topological polar surface area (TPSA) is 90.7 Å². The van der Waals surface area contributed by atoms with Crippen molar-refractivity contribution in [2.24, 2.45) is 5.73 Å². The molecule has 0 saturated carbocycles. The number of carbonyl (C=O) groups is 2. The summed E-state index contributed by atoms with van der Waals surface area (Å²) < 4.78 is 9.85. The maximum absolute atomic E-state index is 11.1. The Bertz CT molecular complexity index is 308. The summed E-state index contributed by atoms with van der Waals surface area (Å²) in [7, 11) is 1.32. The van der Waals surface area contributed by atoms with Crippen LogP contribution in [0.15, 0.2) is 24.9 Å². The molecule has 0 aliphatic carbocycles. The molecule has 0 aliphatic rings. The molecule has 1 unspecified atom stereocenters. The first kappa shape index (κ1) is 14.2. The van der Waals surface area contributed by atoms with Crippen LogP contribution < -0.4 is 11.1 Å². The van der Waals surface area contributed by atoms with Crippen LogP contribution in [0.4, 0.5) is 4.79 Å². The van der Waals surface area contributed by atoms with Gasteiger partial charge in [0.15, 0.2) is 0 Å². The molecule has 0 aromatic rings. The predicted octanol–water partition coefficient (Wildman–Crippen LogP) is 0.650. The third kappa shape index (κ3) is 3.39. The molecule has 1 atom stereocenters. The second-order valence-corrected chi connectivity index (χ2v) is 2.90. The fourth-order valence-electron chi connectivity index (χ4n) is 1.11. The van der Waals surface area contributed by atoms with Crippen LogP contribution in [0, 0.1) is 0 Å². The van der Waals surface area contributed by atoms with Gasteiger partial charge in [-0.25, -0.2) is 4.79 Å². The number of hydrogen-bond acceptors (Lipinski definition) is 4. The summed E-state index contributed by atoms with van der Waals surface area (Å²) in [5.41, 5.74) is 5.00. The molecule has 6 heteroatoms. The molecule has 2 amide bonds. The molecule has 0 saturated heterocycles. The van der Waals surface area contributed by atoms with E-state index in [1.54, 1.807) is 6.92 Å². The third-order valence-electron chi connectivity index (χ3n) is 1.98. The quantitative estimate of drug-likeness (QED) is 0.516. The van der Waals surface area contributed by atoms with Gasteiger partial charge < -0.3 is 20.5 Å². The van der Waals surface area contributed by atoms with Crippen LogP contribution in [-0.2, 0) is 14.3 Å². The Morgan fingerprint density at radius 3 is 2.44 bits per heavy atom. The molecule has 0 aliphatic heterocycles. The predicted molar refractivity (Wildman–Crippen MR) is 58.2 cm³/mol. The zero-order valence-corrected chi connectivity index (χ0v) is 9.41. The number of primary amides is 1. The Hall–Kier alpha value is -1.82. The van der Waals surface area contributed by atoms with E-state index in [4.69, 9.17) is 15.2 Å². The van der Waals surface area contributed by atoms with E-state index < -0.39 is 17.8 Å². The molecule has 0 aromatic heterocycles. The number of hydrogen-bond donors (Lipinski definition) is 2. The van der Waals surface area contributed by atoms with Crippen molar-refractivity contribution in [1.82, 2.24) is 5.32 Å². The van der Waals surface area contributed by atoms with E-state index in [0.29, 0.717) is 0 Å². The summed E-state index contributed by atoms with van der Waals surface area (Å²) in [6.07, 6.45) is 0.298. The van der Waals surface area contributed by atoms with Gasteiger partial charge >= 0.3 is 6.09 Å². The highest BCUT2D eigenvalue weighted by Crippen LogP contribution is 2.23. The fourth-order valence-corrected chi connectivity index (χ4v) is 1.11. The number of nitrogens with one attached hydrogen (secondary N) is 1. The zero-order valence-electron chi connectivity index (χ0n) is 9.41. The molecule has 0 heterocycles. The maximum Gasteiger partial charge on any atom is 0.407 e. The van der Waals surface area contributed by atoms with Crippen LogP contribution in [0.1, 0.15) is 13.3 Å². The van der Waals surface area contributed by atoms with Gasteiger partial charge in [0.1, 0.15) is 0 Å². The number of rotatable bonds is 6.